The van der Waals surface area contributed by atoms with Gasteiger partial charge < -0.3 is 4.90 Å². The molecule has 3 heterocycles. The molecule has 1 aliphatic rings. The summed E-state index contributed by atoms with van der Waals surface area (Å²) in [5.41, 5.74) is 4.38. The lowest BCUT2D eigenvalue weighted by molar-refractivity contribution is 0.0958. The number of aromatic amines is 1. The molecule has 7 heteroatoms. The van der Waals surface area contributed by atoms with E-state index in [0.717, 1.165) is 49.3 Å². The molecular weight excluding hydrogens is 429 g/mol. The third-order valence-electron chi connectivity index (χ3n) is 6.31. The van der Waals surface area contributed by atoms with Gasteiger partial charge in [0, 0.05) is 49.3 Å². The molecule has 0 bridgehead atoms. The van der Waals surface area contributed by atoms with Gasteiger partial charge in [-0.15, -0.1) is 0 Å². The van der Waals surface area contributed by atoms with E-state index in [0.29, 0.717) is 11.3 Å². The van der Waals surface area contributed by atoms with E-state index in [1.54, 1.807) is 41.6 Å². The Hall–Kier alpha value is -3.84. The lowest BCUT2D eigenvalue weighted by atomic mass is 10.00. The fourth-order valence-electron chi connectivity index (χ4n) is 4.61. The molecule has 0 aliphatic carbocycles. The van der Waals surface area contributed by atoms with Crippen molar-refractivity contribution < 1.29 is 9.18 Å². The van der Waals surface area contributed by atoms with Crippen LogP contribution in [0.4, 0.5) is 10.1 Å². The third kappa shape index (κ3) is 4.75. The minimum Gasteiger partial charge on any atom is -0.305 e. The molecule has 5 rings (SSSR count). The van der Waals surface area contributed by atoms with Crippen LogP contribution in [0, 0.1) is 5.82 Å². The molecule has 6 nitrogen and oxygen atoms in total. The van der Waals surface area contributed by atoms with E-state index < -0.39 is 0 Å². The van der Waals surface area contributed by atoms with Gasteiger partial charge in [-0.05, 0) is 48.7 Å². The van der Waals surface area contributed by atoms with Crippen molar-refractivity contribution in [3.05, 3.63) is 102 Å². The summed E-state index contributed by atoms with van der Waals surface area (Å²) in [6.07, 6.45) is 6.68. The first-order chi connectivity index (χ1) is 16.7. The van der Waals surface area contributed by atoms with E-state index in [2.05, 4.69) is 32.2 Å². The van der Waals surface area contributed by atoms with E-state index in [1.165, 1.54) is 12.1 Å². The molecule has 172 valence electrons. The monoisotopic (exact) mass is 455 g/mol. The van der Waals surface area contributed by atoms with Crippen molar-refractivity contribution in [2.45, 2.75) is 25.4 Å². The van der Waals surface area contributed by atoms with Gasteiger partial charge in [-0.1, -0.05) is 36.4 Å². The zero-order valence-electron chi connectivity index (χ0n) is 18.8. The maximum Gasteiger partial charge on any atom is 0.260 e. The molecule has 34 heavy (non-hydrogen) atoms. The Morgan fingerprint density at radius 3 is 2.59 bits per heavy atom. The maximum absolute atomic E-state index is 14.0. The van der Waals surface area contributed by atoms with Crippen molar-refractivity contribution in [2.75, 3.05) is 18.0 Å². The first kappa shape index (κ1) is 22.0. The summed E-state index contributed by atoms with van der Waals surface area (Å²) >= 11 is 0. The second-order valence-corrected chi connectivity index (χ2v) is 8.54. The van der Waals surface area contributed by atoms with E-state index in [9.17, 15) is 9.18 Å². The fraction of sp³-hybridized carbons (Fsp3) is 0.222. The van der Waals surface area contributed by atoms with Crippen LogP contribution in [0.25, 0.3) is 11.3 Å². The van der Waals surface area contributed by atoms with Gasteiger partial charge in [0.25, 0.3) is 5.91 Å². The highest BCUT2D eigenvalue weighted by molar-refractivity contribution is 6.06. The molecule has 0 radical (unpaired) electrons. The second kappa shape index (κ2) is 9.97. The largest absolute Gasteiger partial charge is 0.305 e. The van der Waals surface area contributed by atoms with Crippen molar-refractivity contribution in [1.82, 2.24) is 20.1 Å². The van der Waals surface area contributed by atoms with Gasteiger partial charge in [-0.3, -0.25) is 19.8 Å². The number of anilines is 1. The molecule has 0 atom stereocenters. The number of amides is 1. The van der Waals surface area contributed by atoms with E-state index in [1.807, 2.05) is 24.4 Å². The van der Waals surface area contributed by atoms with E-state index in [-0.39, 0.29) is 17.8 Å². The number of H-pyrrole nitrogens is 1. The summed E-state index contributed by atoms with van der Waals surface area (Å²) in [4.78, 5) is 21.6. The number of likely N-dealkylation sites (tertiary alicyclic amines) is 1. The number of carbonyl (C=O) groups is 1. The van der Waals surface area contributed by atoms with Gasteiger partial charge in [0.2, 0.25) is 0 Å². The number of benzene rings is 2. The number of nitrogens with one attached hydrogen (secondary N) is 1. The average Bonchev–Trinajstić information content (AvgIpc) is 3.34. The van der Waals surface area contributed by atoms with Crippen LogP contribution in [0.15, 0.2) is 85.3 Å². The Morgan fingerprint density at radius 1 is 1.03 bits per heavy atom. The molecule has 1 saturated heterocycles. The number of aromatic nitrogens is 3. The highest BCUT2D eigenvalue weighted by Crippen LogP contribution is 2.28. The molecule has 2 aromatic heterocycles. The molecule has 0 unspecified atom stereocenters. The number of nitrogens with zero attached hydrogens (tertiary/aromatic N) is 4. The van der Waals surface area contributed by atoms with Crippen molar-refractivity contribution in [1.29, 1.82) is 0 Å². The first-order valence-corrected chi connectivity index (χ1v) is 11.5. The SMILES string of the molecule is O=C(c1cccnc1)N(c1cccc(F)c1)C1CCN(Cc2cn[nH]c2-c2ccccc2)CC1. The maximum atomic E-state index is 14.0. The Bertz CT molecular complexity index is 1240. The number of halogens is 1. The van der Waals surface area contributed by atoms with E-state index in [4.69, 9.17) is 0 Å². The van der Waals surface area contributed by atoms with Crippen LogP contribution in [0.2, 0.25) is 0 Å². The van der Waals surface area contributed by atoms with E-state index >= 15 is 0 Å². The fourth-order valence-corrected chi connectivity index (χ4v) is 4.61. The van der Waals surface area contributed by atoms with Gasteiger partial charge in [0.15, 0.2) is 0 Å². The highest BCUT2D eigenvalue weighted by atomic mass is 19.1. The molecule has 1 fully saturated rings. The molecule has 0 saturated carbocycles. The summed E-state index contributed by atoms with van der Waals surface area (Å²) in [5.74, 6) is -0.509. The number of piperidine rings is 1. The van der Waals surface area contributed by atoms with Crippen LogP contribution >= 0.6 is 0 Å². The molecule has 1 N–H and O–H groups in total. The summed E-state index contributed by atoms with van der Waals surface area (Å²) in [6, 6.07) is 19.9. The predicted octanol–water partition coefficient (Wildman–Crippen LogP) is 4.92. The smallest absolute Gasteiger partial charge is 0.260 e. The van der Waals surface area contributed by atoms with Crippen molar-refractivity contribution in [2.24, 2.45) is 0 Å². The molecule has 1 amide bonds. The number of rotatable bonds is 6. The molecule has 2 aromatic carbocycles. The summed E-state index contributed by atoms with van der Waals surface area (Å²) in [6.45, 7) is 2.44. The quantitative estimate of drug-likeness (QED) is 0.448. The molecule has 1 aliphatic heterocycles. The van der Waals surface area contributed by atoms with Crippen LogP contribution in [0.3, 0.4) is 0 Å². The minimum absolute atomic E-state index is 0.0244. The van der Waals surface area contributed by atoms with Gasteiger partial charge in [0.05, 0.1) is 17.5 Å². The zero-order valence-corrected chi connectivity index (χ0v) is 18.8. The first-order valence-electron chi connectivity index (χ1n) is 11.5. The predicted molar refractivity (Wildman–Crippen MR) is 130 cm³/mol. The van der Waals surface area contributed by atoms with Crippen LogP contribution in [-0.4, -0.2) is 45.1 Å². The summed E-state index contributed by atoms with van der Waals surface area (Å²) in [5, 5.41) is 7.39. The number of hydrogen-bond donors (Lipinski definition) is 1. The molecular formula is C27H26FN5O. The number of pyridine rings is 1. The van der Waals surface area contributed by atoms with Gasteiger partial charge in [0.1, 0.15) is 5.82 Å². The lowest BCUT2D eigenvalue weighted by Gasteiger charge is -2.38. The van der Waals surface area contributed by atoms with Crippen LogP contribution in [0.1, 0.15) is 28.8 Å². The number of carbonyl (C=O) groups excluding carboxylic acids is 1. The Kier molecular flexibility index (Phi) is 6.44. The van der Waals surface area contributed by atoms with Crippen LogP contribution in [0.5, 0.6) is 0 Å². The average molecular weight is 456 g/mol. The van der Waals surface area contributed by atoms with Crippen LogP contribution in [-0.2, 0) is 6.54 Å². The molecule has 0 spiro atoms. The lowest BCUT2D eigenvalue weighted by Crippen LogP contribution is -2.47. The second-order valence-electron chi connectivity index (χ2n) is 8.54. The standard InChI is InChI=1S/C27H26FN5O/c28-23-9-4-10-25(16-23)33(27(34)21-8-5-13-29-17-21)24-11-14-32(15-12-24)19-22-18-30-31-26(22)20-6-2-1-3-7-20/h1-10,13,16-18,24H,11-12,14-15,19H2,(H,30,31). The van der Waals surface area contributed by atoms with Crippen molar-refractivity contribution in [3.63, 3.8) is 0 Å². The highest BCUT2D eigenvalue weighted by Gasteiger charge is 2.30. The summed E-state index contributed by atoms with van der Waals surface area (Å²) < 4.78 is 14.0. The van der Waals surface area contributed by atoms with Gasteiger partial charge >= 0.3 is 0 Å². The topological polar surface area (TPSA) is 65.1 Å². The van der Waals surface area contributed by atoms with Crippen molar-refractivity contribution >= 4 is 11.6 Å². The minimum atomic E-state index is -0.354. The zero-order chi connectivity index (χ0) is 23.3. The molecule has 4 aromatic rings. The Balaban J connectivity index is 1.32. The Morgan fingerprint density at radius 2 is 1.85 bits per heavy atom. The van der Waals surface area contributed by atoms with Gasteiger partial charge in [-0.25, -0.2) is 4.39 Å². The van der Waals surface area contributed by atoms with Crippen molar-refractivity contribution in [3.8, 4) is 11.3 Å². The number of hydrogen-bond acceptors (Lipinski definition) is 4. The normalized spacial score (nSPS) is 14.7. The third-order valence-corrected chi connectivity index (χ3v) is 6.31. The van der Waals surface area contributed by atoms with Crippen LogP contribution < -0.4 is 4.90 Å². The summed E-state index contributed by atoms with van der Waals surface area (Å²) in [7, 11) is 0. The Labute approximate surface area is 198 Å². The van der Waals surface area contributed by atoms with Gasteiger partial charge in [-0.2, -0.15) is 5.10 Å².